The highest BCUT2D eigenvalue weighted by atomic mass is 32.1. The monoisotopic (exact) mass is 366 g/mol. The summed E-state index contributed by atoms with van der Waals surface area (Å²) >= 11 is 1.36. The van der Waals surface area contributed by atoms with E-state index < -0.39 is 6.36 Å². The second kappa shape index (κ2) is 5.84. The van der Waals surface area contributed by atoms with Crippen LogP contribution >= 0.6 is 11.3 Å². The number of hydrogen-bond acceptors (Lipinski definition) is 6. The first-order valence-corrected chi connectivity index (χ1v) is 7.85. The number of benzene rings is 1. The molecule has 0 aliphatic heterocycles. The average molecular weight is 366 g/mol. The Bertz CT molecular complexity index is 990. The minimum Gasteiger partial charge on any atom is -0.406 e. The van der Waals surface area contributed by atoms with Crippen molar-refractivity contribution in [1.82, 2.24) is 30.0 Å². The predicted molar refractivity (Wildman–Crippen MR) is 82.2 cm³/mol. The van der Waals surface area contributed by atoms with Crippen molar-refractivity contribution in [3.63, 3.8) is 0 Å². The van der Waals surface area contributed by atoms with E-state index in [1.807, 2.05) is 0 Å². The summed E-state index contributed by atoms with van der Waals surface area (Å²) in [6, 6.07) is 7.41. The first-order valence-electron chi connectivity index (χ1n) is 7.03. The van der Waals surface area contributed by atoms with Gasteiger partial charge in [0.25, 0.3) is 0 Å². The lowest BCUT2D eigenvalue weighted by atomic mass is 10.1. The van der Waals surface area contributed by atoms with E-state index in [0.29, 0.717) is 17.2 Å². The Morgan fingerprint density at radius 2 is 1.92 bits per heavy atom. The van der Waals surface area contributed by atoms with Crippen LogP contribution in [0, 0.1) is 0 Å². The van der Waals surface area contributed by atoms with Crippen molar-refractivity contribution in [3.05, 3.63) is 47.9 Å². The lowest BCUT2D eigenvalue weighted by Crippen LogP contribution is -2.17. The number of nitrogens with zero attached hydrogens (tertiary/aromatic N) is 5. The number of fused-ring (bicyclic) bond motifs is 1. The van der Waals surface area contributed by atoms with E-state index in [-0.39, 0.29) is 5.75 Å². The van der Waals surface area contributed by atoms with Crippen LogP contribution in [0.3, 0.4) is 0 Å². The van der Waals surface area contributed by atoms with Gasteiger partial charge in [0, 0.05) is 12.6 Å². The summed E-state index contributed by atoms with van der Waals surface area (Å²) in [7, 11) is 0. The maximum atomic E-state index is 12.2. The molecule has 0 atom stereocenters. The van der Waals surface area contributed by atoms with Crippen molar-refractivity contribution in [1.29, 1.82) is 0 Å². The summed E-state index contributed by atoms with van der Waals surface area (Å²) in [5, 5.41) is 20.0. The molecule has 0 fully saturated rings. The number of alkyl halides is 3. The number of rotatable bonds is 4. The van der Waals surface area contributed by atoms with E-state index in [2.05, 4.69) is 30.2 Å². The van der Waals surface area contributed by atoms with Gasteiger partial charge in [-0.3, -0.25) is 5.10 Å². The van der Waals surface area contributed by atoms with Gasteiger partial charge in [0.1, 0.15) is 5.75 Å². The number of aromatic amines is 1. The molecule has 4 rings (SSSR count). The smallest absolute Gasteiger partial charge is 0.406 e. The third kappa shape index (κ3) is 3.31. The Kier molecular flexibility index (Phi) is 3.64. The first kappa shape index (κ1) is 15.6. The second-order valence-electron chi connectivity index (χ2n) is 5.06. The number of halogens is 3. The minimum atomic E-state index is -4.70. The number of nitrogens with one attached hydrogen (secondary N) is 1. The molecular weight excluding hydrogens is 357 g/mol. The molecule has 3 heterocycles. The van der Waals surface area contributed by atoms with Gasteiger partial charge in [-0.15, -0.1) is 23.4 Å². The zero-order valence-electron chi connectivity index (χ0n) is 12.4. The Hall–Kier alpha value is -2.95. The molecule has 11 heteroatoms. The van der Waals surface area contributed by atoms with E-state index >= 15 is 0 Å². The summed E-state index contributed by atoms with van der Waals surface area (Å²) in [6.07, 6.45) is -2.70. The molecule has 1 N–H and O–H groups in total. The lowest BCUT2D eigenvalue weighted by molar-refractivity contribution is -0.274. The topological polar surface area (TPSA) is 81.0 Å². The standard InChI is InChI=1S/C14H9F3N6OS/c15-14(16,17)24-9-3-1-8(2-4-9)7-11-20-21-13-23(11)22-12(25-13)10-5-6-18-19-10/h1-6H,7H2,(H,18,19). The van der Waals surface area contributed by atoms with E-state index in [4.69, 9.17) is 0 Å². The van der Waals surface area contributed by atoms with Crippen molar-refractivity contribution in [2.75, 3.05) is 0 Å². The molecule has 4 aromatic rings. The van der Waals surface area contributed by atoms with Gasteiger partial charge < -0.3 is 4.74 Å². The summed E-state index contributed by atoms with van der Waals surface area (Å²) in [5.41, 5.74) is 1.54. The molecule has 1 aromatic carbocycles. The fraction of sp³-hybridized carbons (Fsp3) is 0.143. The van der Waals surface area contributed by atoms with Gasteiger partial charge in [0.2, 0.25) is 4.96 Å². The van der Waals surface area contributed by atoms with Gasteiger partial charge in [-0.25, -0.2) is 0 Å². The predicted octanol–water partition coefficient (Wildman–Crippen LogP) is 3.07. The van der Waals surface area contributed by atoms with Crippen molar-refractivity contribution in [3.8, 4) is 16.5 Å². The quantitative estimate of drug-likeness (QED) is 0.600. The Morgan fingerprint density at radius 1 is 1.12 bits per heavy atom. The number of aromatic nitrogens is 6. The van der Waals surface area contributed by atoms with Gasteiger partial charge >= 0.3 is 6.36 Å². The lowest BCUT2D eigenvalue weighted by Gasteiger charge is -2.08. The van der Waals surface area contributed by atoms with Gasteiger partial charge in [-0.05, 0) is 23.8 Å². The van der Waals surface area contributed by atoms with E-state index in [9.17, 15) is 13.2 Å². The van der Waals surface area contributed by atoms with Crippen LogP contribution in [0.5, 0.6) is 5.75 Å². The number of ether oxygens (including phenoxy) is 1. The van der Waals surface area contributed by atoms with E-state index in [0.717, 1.165) is 16.3 Å². The van der Waals surface area contributed by atoms with Crippen LogP contribution in [0.15, 0.2) is 36.5 Å². The zero-order valence-corrected chi connectivity index (χ0v) is 13.2. The molecule has 0 saturated heterocycles. The summed E-state index contributed by atoms with van der Waals surface area (Å²) < 4.78 is 42.0. The van der Waals surface area contributed by atoms with Gasteiger partial charge in [-0.1, -0.05) is 23.5 Å². The fourth-order valence-electron chi connectivity index (χ4n) is 2.24. The molecule has 0 radical (unpaired) electrons. The highest BCUT2D eigenvalue weighted by Gasteiger charge is 2.30. The maximum Gasteiger partial charge on any atom is 0.573 e. The fourth-order valence-corrected chi connectivity index (χ4v) is 3.08. The SMILES string of the molecule is FC(F)(F)Oc1ccc(Cc2nnc3sc(-c4ccn[nH]4)nn23)cc1. The number of H-pyrrole nitrogens is 1. The van der Waals surface area contributed by atoms with Crippen LogP contribution in [0.2, 0.25) is 0 Å². The normalized spacial score (nSPS) is 12.0. The highest BCUT2D eigenvalue weighted by molar-refractivity contribution is 7.19. The highest BCUT2D eigenvalue weighted by Crippen LogP contribution is 2.25. The van der Waals surface area contributed by atoms with E-state index in [1.165, 1.54) is 23.5 Å². The third-order valence-electron chi connectivity index (χ3n) is 3.31. The molecule has 128 valence electrons. The molecule has 0 aliphatic rings. The van der Waals surface area contributed by atoms with Crippen molar-refractivity contribution in [2.24, 2.45) is 0 Å². The maximum absolute atomic E-state index is 12.2. The van der Waals surface area contributed by atoms with Crippen LogP contribution in [0.4, 0.5) is 13.2 Å². The first-order chi connectivity index (χ1) is 12.0. The Balaban J connectivity index is 1.56. The molecule has 0 amide bonds. The summed E-state index contributed by atoms with van der Waals surface area (Å²) in [4.78, 5) is 0.622. The second-order valence-corrected chi connectivity index (χ2v) is 6.01. The summed E-state index contributed by atoms with van der Waals surface area (Å²) in [5.74, 6) is 0.319. The van der Waals surface area contributed by atoms with Crippen molar-refractivity contribution in [2.45, 2.75) is 12.8 Å². The van der Waals surface area contributed by atoms with Gasteiger partial charge in [-0.2, -0.15) is 14.7 Å². The molecular formula is C14H9F3N6OS. The van der Waals surface area contributed by atoms with Gasteiger partial charge in [0.15, 0.2) is 10.8 Å². The van der Waals surface area contributed by atoms with Crippen LogP contribution in [-0.4, -0.2) is 36.4 Å². The molecule has 7 nitrogen and oxygen atoms in total. The minimum absolute atomic E-state index is 0.266. The van der Waals surface area contributed by atoms with Crippen molar-refractivity contribution >= 4 is 16.3 Å². The Labute approximate surface area is 142 Å². The van der Waals surface area contributed by atoms with E-state index in [1.54, 1.807) is 28.9 Å². The average Bonchev–Trinajstić information content (AvgIpc) is 3.25. The molecule has 0 spiro atoms. The molecule has 0 bridgehead atoms. The van der Waals surface area contributed by atoms with Crippen LogP contribution < -0.4 is 4.74 Å². The third-order valence-corrected chi connectivity index (χ3v) is 4.24. The molecule has 0 aliphatic carbocycles. The largest absolute Gasteiger partial charge is 0.573 e. The Morgan fingerprint density at radius 3 is 2.60 bits per heavy atom. The zero-order chi connectivity index (χ0) is 17.4. The van der Waals surface area contributed by atoms with Gasteiger partial charge in [0.05, 0.1) is 5.69 Å². The molecule has 25 heavy (non-hydrogen) atoms. The number of hydrogen-bond donors (Lipinski definition) is 1. The summed E-state index contributed by atoms with van der Waals surface area (Å²) in [6.45, 7) is 0. The van der Waals surface area contributed by atoms with Crippen LogP contribution in [-0.2, 0) is 6.42 Å². The van der Waals surface area contributed by atoms with Crippen LogP contribution in [0.1, 0.15) is 11.4 Å². The van der Waals surface area contributed by atoms with Crippen LogP contribution in [0.25, 0.3) is 15.7 Å². The molecule has 3 aromatic heterocycles. The van der Waals surface area contributed by atoms with Crippen molar-refractivity contribution < 1.29 is 17.9 Å². The molecule has 0 unspecified atom stereocenters. The molecule has 0 saturated carbocycles.